The third-order valence-corrected chi connectivity index (χ3v) is 9.40. The van der Waals surface area contributed by atoms with Crippen LogP contribution < -0.4 is 16.2 Å². The number of nitrogens with one attached hydrogen (secondary N) is 1. The summed E-state index contributed by atoms with van der Waals surface area (Å²) in [4.78, 5) is 0. The molecule has 9 aromatic rings. The zero-order chi connectivity index (χ0) is 30.2. The summed E-state index contributed by atoms with van der Waals surface area (Å²) in [5.41, 5.74) is 14.6. The first-order valence-electron chi connectivity index (χ1n) is 15.7. The van der Waals surface area contributed by atoms with Gasteiger partial charge in [-0.1, -0.05) is 109 Å². The smallest absolute Gasteiger partial charge is 0.197 e. The van der Waals surface area contributed by atoms with Crippen molar-refractivity contribution in [3.63, 3.8) is 0 Å². The highest BCUT2D eigenvalue weighted by Gasteiger charge is 2.29. The number of furan rings is 1. The molecular weight excluding hydrogens is 559 g/mol. The van der Waals surface area contributed by atoms with Gasteiger partial charge < -0.3 is 14.3 Å². The monoisotopic (exact) mass is 585 g/mol. The van der Waals surface area contributed by atoms with Crippen molar-refractivity contribution >= 4 is 73.3 Å². The van der Waals surface area contributed by atoms with Gasteiger partial charge in [-0.2, -0.15) is 0 Å². The maximum absolute atomic E-state index is 6.41. The van der Waals surface area contributed by atoms with Gasteiger partial charge in [-0.05, 0) is 64.6 Å². The summed E-state index contributed by atoms with van der Waals surface area (Å²) in [5.74, 6) is 0. The van der Waals surface area contributed by atoms with Crippen LogP contribution in [-0.2, 0) is 0 Å². The van der Waals surface area contributed by atoms with E-state index in [1.807, 2.05) is 18.2 Å². The molecule has 7 aromatic carbocycles. The van der Waals surface area contributed by atoms with Gasteiger partial charge in [0.25, 0.3) is 0 Å². The molecule has 3 nitrogen and oxygen atoms in total. The summed E-state index contributed by atoms with van der Waals surface area (Å²) in [6.07, 6.45) is 0. The lowest BCUT2D eigenvalue weighted by molar-refractivity contribution is 0.669. The molecule has 1 radical (unpaired) electrons. The molecule has 0 amide bonds. The number of fused-ring (bicyclic) bond motifs is 8. The molecule has 0 spiro atoms. The van der Waals surface area contributed by atoms with E-state index in [0.717, 1.165) is 38.9 Å². The van der Waals surface area contributed by atoms with Crippen molar-refractivity contribution < 1.29 is 4.42 Å². The van der Waals surface area contributed by atoms with Crippen molar-refractivity contribution in [2.75, 3.05) is 5.32 Å². The Balaban J connectivity index is 1.38. The molecule has 10 rings (SSSR count). The second-order valence-corrected chi connectivity index (χ2v) is 12.0. The maximum atomic E-state index is 6.41. The first-order chi connectivity index (χ1) is 22.8. The van der Waals surface area contributed by atoms with E-state index in [1.54, 1.807) is 0 Å². The van der Waals surface area contributed by atoms with E-state index in [2.05, 4.69) is 151 Å². The molecule has 0 unspecified atom stereocenters. The average molecular weight is 585 g/mol. The standard InChI is InChI=1S/C42H26BN2O/c1-3-13-26(14-4-1)30-23-33(41-42-40(30)29-18-7-10-20-36(29)45(42)37-21-11-9-19-34(37)43-41)31-24-32-28-17-8-12-22-38(28)46-39(32)25-35(31)44-27-15-5-2-6-16-27/h1-25,44H. The van der Waals surface area contributed by atoms with Crippen LogP contribution in [0, 0.1) is 0 Å². The normalized spacial score (nSPS) is 12.1. The molecule has 1 N–H and O–H groups in total. The van der Waals surface area contributed by atoms with Crippen molar-refractivity contribution in [3.8, 4) is 27.9 Å². The second kappa shape index (κ2) is 9.75. The molecular formula is C42H26BN2O. The summed E-state index contributed by atoms with van der Waals surface area (Å²) in [7, 11) is 2.38. The number of hydrogen-bond donors (Lipinski definition) is 1. The summed E-state index contributed by atoms with van der Waals surface area (Å²) in [5, 5.41) is 8.52. The van der Waals surface area contributed by atoms with Gasteiger partial charge in [0, 0.05) is 50.1 Å². The van der Waals surface area contributed by atoms with Crippen molar-refractivity contribution in [3.05, 3.63) is 152 Å². The van der Waals surface area contributed by atoms with Crippen molar-refractivity contribution in [1.82, 2.24) is 4.57 Å². The van der Waals surface area contributed by atoms with E-state index < -0.39 is 0 Å². The van der Waals surface area contributed by atoms with Gasteiger partial charge in [0.2, 0.25) is 0 Å². The Morgan fingerprint density at radius 2 is 1.26 bits per heavy atom. The van der Waals surface area contributed by atoms with E-state index in [9.17, 15) is 0 Å². The number of hydrogen-bond acceptors (Lipinski definition) is 2. The average Bonchev–Trinajstić information content (AvgIpc) is 3.66. The van der Waals surface area contributed by atoms with Crippen LogP contribution in [-0.4, -0.2) is 11.8 Å². The largest absolute Gasteiger partial charge is 0.456 e. The molecule has 0 atom stereocenters. The predicted octanol–water partition coefficient (Wildman–Crippen LogP) is 9.73. The molecule has 3 heterocycles. The van der Waals surface area contributed by atoms with E-state index in [0.29, 0.717) is 0 Å². The number of nitrogens with zero attached hydrogens (tertiary/aromatic N) is 1. The van der Waals surface area contributed by atoms with E-state index >= 15 is 0 Å². The van der Waals surface area contributed by atoms with Crippen molar-refractivity contribution in [1.29, 1.82) is 0 Å². The van der Waals surface area contributed by atoms with Gasteiger partial charge in [0.15, 0.2) is 7.28 Å². The highest BCUT2D eigenvalue weighted by atomic mass is 16.3. The van der Waals surface area contributed by atoms with Crippen LogP contribution in [0.1, 0.15) is 0 Å². The van der Waals surface area contributed by atoms with Crippen LogP contribution in [0.4, 0.5) is 11.4 Å². The highest BCUT2D eigenvalue weighted by Crippen LogP contribution is 2.44. The van der Waals surface area contributed by atoms with Crippen LogP contribution in [0.15, 0.2) is 156 Å². The van der Waals surface area contributed by atoms with Crippen LogP contribution >= 0.6 is 0 Å². The third-order valence-electron chi connectivity index (χ3n) is 9.40. The first-order valence-corrected chi connectivity index (χ1v) is 15.7. The molecule has 213 valence electrons. The fraction of sp³-hybridized carbons (Fsp3) is 0. The number of para-hydroxylation sites is 4. The minimum Gasteiger partial charge on any atom is -0.456 e. The van der Waals surface area contributed by atoms with Crippen LogP contribution in [0.25, 0.3) is 71.7 Å². The number of rotatable bonds is 4. The van der Waals surface area contributed by atoms with Crippen LogP contribution in [0.5, 0.6) is 0 Å². The zero-order valence-corrected chi connectivity index (χ0v) is 24.9. The molecule has 2 aromatic heterocycles. The lowest BCUT2D eigenvalue weighted by Gasteiger charge is -2.25. The van der Waals surface area contributed by atoms with Gasteiger partial charge in [-0.25, -0.2) is 0 Å². The number of aromatic nitrogens is 1. The highest BCUT2D eigenvalue weighted by molar-refractivity contribution is 6.73. The molecule has 1 aliphatic heterocycles. The Kier molecular flexibility index (Phi) is 5.37. The molecule has 0 saturated carbocycles. The minimum absolute atomic E-state index is 0.866. The van der Waals surface area contributed by atoms with E-state index in [4.69, 9.17) is 4.42 Å². The quantitative estimate of drug-likeness (QED) is 0.209. The van der Waals surface area contributed by atoms with Gasteiger partial charge >= 0.3 is 0 Å². The number of benzene rings is 7. The Labute approximate surface area is 266 Å². The number of anilines is 2. The zero-order valence-electron chi connectivity index (χ0n) is 24.9. The third kappa shape index (κ3) is 3.67. The molecule has 46 heavy (non-hydrogen) atoms. The van der Waals surface area contributed by atoms with Gasteiger partial charge in [0.1, 0.15) is 11.2 Å². The lowest BCUT2D eigenvalue weighted by atomic mass is 9.58. The topological polar surface area (TPSA) is 30.1 Å². The maximum Gasteiger partial charge on any atom is 0.197 e. The summed E-state index contributed by atoms with van der Waals surface area (Å²) in [6, 6.07) is 54.0. The Morgan fingerprint density at radius 1 is 0.543 bits per heavy atom. The summed E-state index contributed by atoms with van der Waals surface area (Å²) in [6.45, 7) is 0. The summed E-state index contributed by atoms with van der Waals surface area (Å²) >= 11 is 0. The molecule has 0 bridgehead atoms. The molecule has 1 aliphatic rings. The van der Waals surface area contributed by atoms with Gasteiger partial charge in [-0.15, -0.1) is 0 Å². The van der Waals surface area contributed by atoms with Crippen molar-refractivity contribution in [2.45, 2.75) is 0 Å². The Hall–Kier alpha value is -6.00. The molecule has 4 heteroatoms. The molecule has 0 saturated heterocycles. The molecule has 0 aliphatic carbocycles. The van der Waals surface area contributed by atoms with Gasteiger partial charge in [-0.3, -0.25) is 0 Å². The van der Waals surface area contributed by atoms with E-state index in [-0.39, 0.29) is 0 Å². The summed E-state index contributed by atoms with van der Waals surface area (Å²) < 4.78 is 8.88. The van der Waals surface area contributed by atoms with E-state index in [1.165, 1.54) is 55.1 Å². The Morgan fingerprint density at radius 3 is 2.13 bits per heavy atom. The second-order valence-electron chi connectivity index (χ2n) is 12.0. The fourth-order valence-corrected chi connectivity index (χ4v) is 7.40. The minimum atomic E-state index is 0.866. The Bertz CT molecular complexity index is 2630. The SMILES string of the molecule is [B]1c2ccccc2-n2c3ccccc3c3c(-c4ccccc4)cc(-c4cc5c(cc4Nc4ccccc4)oc4ccccc45)c1c32. The lowest BCUT2D eigenvalue weighted by Crippen LogP contribution is -2.37. The fourth-order valence-electron chi connectivity index (χ4n) is 7.40. The van der Waals surface area contributed by atoms with Crippen molar-refractivity contribution in [2.24, 2.45) is 0 Å². The first kappa shape index (κ1) is 25.3. The van der Waals surface area contributed by atoms with Crippen LogP contribution in [0.2, 0.25) is 0 Å². The molecule has 0 fully saturated rings. The van der Waals surface area contributed by atoms with Gasteiger partial charge in [0.05, 0.1) is 11.2 Å². The van der Waals surface area contributed by atoms with Crippen LogP contribution in [0.3, 0.4) is 0 Å². The predicted molar refractivity (Wildman–Crippen MR) is 194 cm³/mol.